The first kappa shape index (κ1) is 18.6. The minimum absolute atomic E-state index is 0.814. The minimum atomic E-state index is 0.814. The van der Waals surface area contributed by atoms with E-state index in [0.717, 1.165) is 44.1 Å². The third kappa shape index (κ3) is 5.42. The van der Waals surface area contributed by atoms with Gasteiger partial charge in [0.2, 0.25) is 0 Å². The summed E-state index contributed by atoms with van der Waals surface area (Å²) in [5, 5.41) is 3.55. The molecule has 0 aliphatic carbocycles. The van der Waals surface area contributed by atoms with Crippen LogP contribution in [0.4, 0.5) is 11.4 Å². The highest BCUT2D eigenvalue weighted by Gasteiger charge is 2.15. The largest absolute Gasteiger partial charge is 0.494 e. The van der Waals surface area contributed by atoms with Crippen LogP contribution in [0.5, 0.6) is 5.75 Å². The van der Waals surface area contributed by atoms with Gasteiger partial charge < -0.3 is 15.0 Å². The number of unbranched alkanes of at least 4 members (excludes halogenated alkanes) is 3. The molecule has 0 bridgehead atoms. The number of nitrogens with zero attached hydrogens (tertiary/aromatic N) is 1. The molecule has 1 N–H and O–H groups in total. The van der Waals surface area contributed by atoms with Gasteiger partial charge in [-0.1, -0.05) is 50.5 Å². The zero-order chi connectivity index (χ0) is 18.0. The fraction of sp³-hybridized carbons (Fsp3) is 0.478. The molecule has 0 aromatic heterocycles. The summed E-state index contributed by atoms with van der Waals surface area (Å²) >= 11 is 0. The van der Waals surface area contributed by atoms with Crippen molar-refractivity contribution in [2.24, 2.45) is 0 Å². The van der Waals surface area contributed by atoms with E-state index in [1.54, 1.807) is 0 Å². The zero-order valence-corrected chi connectivity index (χ0v) is 16.0. The lowest BCUT2D eigenvalue weighted by Crippen LogP contribution is -2.33. The van der Waals surface area contributed by atoms with Crippen LogP contribution >= 0.6 is 0 Å². The molecule has 2 aromatic carbocycles. The van der Waals surface area contributed by atoms with E-state index in [9.17, 15) is 0 Å². The lowest BCUT2D eigenvalue weighted by atomic mass is 10.0. The summed E-state index contributed by atoms with van der Waals surface area (Å²) in [4.78, 5) is 2.50. The molecule has 0 atom stereocenters. The van der Waals surface area contributed by atoms with Crippen LogP contribution in [-0.2, 0) is 6.42 Å². The van der Waals surface area contributed by atoms with Gasteiger partial charge in [0.1, 0.15) is 5.75 Å². The standard InChI is InChI=1S/C23H32N2O/c1-2-3-4-7-18-26-22-13-8-12-21(19-22)24-15-17-25-16-9-11-20-10-5-6-14-23(20)25/h5-6,8,10,12-14,19,24H,2-4,7,9,11,15-18H2,1H3. The number of fused-ring (bicyclic) bond motifs is 1. The predicted molar refractivity (Wildman–Crippen MR) is 112 cm³/mol. The van der Waals surface area contributed by atoms with Gasteiger partial charge in [-0.05, 0) is 43.0 Å². The Morgan fingerprint density at radius 2 is 1.96 bits per heavy atom. The Morgan fingerprint density at radius 1 is 1.04 bits per heavy atom. The number of para-hydroxylation sites is 1. The fourth-order valence-corrected chi connectivity index (χ4v) is 3.59. The highest BCUT2D eigenvalue weighted by Crippen LogP contribution is 2.26. The Bertz CT molecular complexity index is 671. The van der Waals surface area contributed by atoms with E-state index < -0.39 is 0 Å². The lowest BCUT2D eigenvalue weighted by Gasteiger charge is -2.31. The number of anilines is 2. The second kappa shape index (κ2) is 10.1. The second-order valence-electron chi connectivity index (χ2n) is 7.08. The van der Waals surface area contributed by atoms with Crippen LogP contribution in [-0.4, -0.2) is 26.2 Å². The number of nitrogens with one attached hydrogen (secondary N) is 1. The van der Waals surface area contributed by atoms with E-state index in [2.05, 4.69) is 59.6 Å². The maximum absolute atomic E-state index is 5.89. The van der Waals surface area contributed by atoms with Crippen molar-refractivity contribution in [2.75, 3.05) is 36.5 Å². The fourth-order valence-electron chi connectivity index (χ4n) is 3.59. The third-order valence-corrected chi connectivity index (χ3v) is 5.02. The van der Waals surface area contributed by atoms with E-state index in [1.807, 2.05) is 6.07 Å². The summed E-state index contributed by atoms with van der Waals surface area (Å²) in [5.41, 5.74) is 4.03. The maximum Gasteiger partial charge on any atom is 0.121 e. The number of rotatable bonds is 10. The van der Waals surface area contributed by atoms with Gasteiger partial charge >= 0.3 is 0 Å². The summed E-state index contributed by atoms with van der Waals surface area (Å²) in [6, 6.07) is 17.2. The lowest BCUT2D eigenvalue weighted by molar-refractivity contribution is 0.305. The molecule has 3 heteroatoms. The van der Waals surface area contributed by atoms with Crippen molar-refractivity contribution in [3.05, 3.63) is 54.1 Å². The van der Waals surface area contributed by atoms with Gasteiger partial charge in [-0.15, -0.1) is 0 Å². The van der Waals surface area contributed by atoms with Gasteiger partial charge in [0, 0.05) is 37.1 Å². The molecule has 0 saturated carbocycles. The number of benzene rings is 2. The van der Waals surface area contributed by atoms with Crippen LogP contribution < -0.4 is 15.0 Å². The zero-order valence-electron chi connectivity index (χ0n) is 16.0. The topological polar surface area (TPSA) is 24.5 Å². The molecule has 0 fully saturated rings. The van der Waals surface area contributed by atoms with Gasteiger partial charge in [0.05, 0.1) is 6.61 Å². The SMILES string of the molecule is CCCCCCOc1cccc(NCCN2CCCc3ccccc32)c1. The third-order valence-electron chi connectivity index (χ3n) is 5.02. The van der Waals surface area contributed by atoms with Crippen molar-refractivity contribution in [3.63, 3.8) is 0 Å². The molecule has 140 valence electrons. The van der Waals surface area contributed by atoms with Crippen LogP contribution in [0, 0.1) is 0 Å². The molecule has 1 heterocycles. The van der Waals surface area contributed by atoms with E-state index in [1.165, 1.54) is 43.4 Å². The minimum Gasteiger partial charge on any atom is -0.494 e. The van der Waals surface area contributed by atoms with Crippen LogP contribution in [0.3, 0.4) is 0 Å². The van der Waals surface area contributed by atoms with Gasteiger partial charge in [-0.25, -0.2) is 0 Å². The number of ether oxygens (including phenoxy) is 1. The van der Waals surface area contributed by atoms with Crippen molar-refractivity contribution < 1.29 is 4.74 Å². The van der Waals surface area contributed by atoms with Crippen LogP contribution in [0.25, 0.3) is 0 Å². The summed E-state index contributed by atoms with van der Waals surface area (Å²) in [6.07, 6.45) is 7.41. The average molecular weight is 353 g/mol. The van der Waals surface area contributed by atoms with Crippen molar-refractivity contribution in [1.29, 1.82) is 0 Å². The highest BCUT2D eigenvalue weighted by atomic mass is 16.5. The summed E-state index contributed by atoms with van der Waals surface area (Å²) in [7, 11) is 0. The molecule has 1 aliphatic rings. The van der Waals surface area contributed by atoms with Gasteiger partial charge in [-0.2, -0.15) is 0 Å². The molecule has 2 aromatic rings. The second-order valence-corrected chi connectivity index (χ2v) is 7.08. The Balaban J connectivity index is 1.45. The van der Waals surface area contributed by atoms with Gasteiger partial charge in [0.15, 0.2) is 0 Å². The Kier molecular flexibility index (Phi) is 7.24. The van der Waals surface area contributed by atoms with Crippen LogP contribution in [0.1, 0.15) is 44.6 Å². The van der Waals surface area contributed by atoms with E-state index in [4.69, 9.17) is 4.74 Å². The molecular weight excluding hydrogens is 320 g/mol. The molecule has 3 nitrogen and oxygen atoms in total. The van der Waals surface area contributed by atoms with Crippen molar-refractivity contribution in [3.8, 4) is 5.75 Å². The molecule has 0 unspecified atom stereocenters. The molecule has 0 amide bonds. The van der Waals surface area contributed by atoms with Gasteiger partial charge in [-0.3, -0.25) is 0 Å². The molecule has 3 rings (SSSR count). The van der Waals surface area contributed by atoms with Crippen molar-refractivity contribution in [1.82, 2.24) is 0 Å². The number of hydrogen-bond acceptors (Lipinski definition) is 3. The molecule has 0 spiro atoms. The Hall–Kier alpha value is -2.16. The summed E-state index contributed by atoms with van der Waals surface area (Å²) < 4.78 is 5.89. The van der Waals surface area contributed by atoms with Crippen molar-refractivity contribution in [2.45, 2.75) is 45.4 Å². The first-order chi connectivity index (χ1) is 12.9. The quantitative estimate of drug-likeness (QED) is 0.571. The van der Waals surface area contributed by atoms with E-state index >= 15 is 0 Å². The van der Waals surface area contributed by atoms with Crippen LogP contribution in [0.2, 0.25) is 0 Å². The summed E-state index contributed by atoms with van der Waals surface area (Å²) in [5.74, 6) is 0.967. The number of hydrogen-bond donors (Lipinski definition) is 1. The molecular formula is C23H32N2O. The summed E-state index contributed by atoms with van der Waals surface area (Å²) in [6.45, 7) is 6.17. The average Bonchev–Trinajstić information content (AvgIpc) is 2.68. The Labute approximate surface area is 158 Å². The van der Waals surface area contributed by atoms with Crippen LogP contribution in [0.15, 0.2) is 48.5 Å². The monoisotopic (exact) mass is 352 g/mol. The highest BCUT2D eigenvalue weighted by molar-refractivity contribution is 5.56. The molecule has 1 aliphatic heterocycles. The van der Waals surface area contributed by atoms with Gasteiger partial charge in [0.25, 0.3) is 0 Å². The first-order valence-corrected chi connectivity index (χ1v) is 10.2. The molecule has 0 saturated heterocycles. The maximum atomic E-state index is 5.89. The normalized spacial score (nSPS) is 13.3. The predicted octanol–water partition coefficient (Wildman–Crippen LogP) is 5.51. The van der Waals surface area contributed by atoms with E-state index in [-0.39, 0.29) is 0 Å². The smallest absolute Gasteiger partial charge is 0.121 e. The molecule has 0 radical (unpaired) electrons. The van der Waals surface area contributed by atoms with Crippen molar-refractivity contribution >= 4 is 11.4 Å². The molecule has 26 heavy (non-hydrogen) atoms. The Morgan fingerprint density at radius 3 is 2.88 bits per heavy atom. The van der Waals surface area contributed by atoms with E-state index in [0.29, 0.717) is 0 Å². The number of aryl methyl sites for hydroxylation is 1. The first-order valence-electron chi connectivity index (χ1n) is 10.2.